The zero-order valence-electron chi connectivity index (χ0n) is 17.2. The van der Waals surface area contributed by atoms with Crippen molar-refractivity contribution in [3.8, 4) is 0 Å². The van der Waals surface area contributed by atoms with Crippen LogP contribution in [0.25, 0.3) is 0 Å². The molecule has 1 atom stereocenters. The first-order valence-corrected chi connectivity index (χ1v) is 10.3. The number of carbonyl (C=O) groups excluding carboxylic acids is 2. The lowest BCUT2D eigenvalue weighted by Gasteiger charge is -2.38. The van der Waals surface area contributed by atoms with Gasteiger partial charge in [0.25, 0.3) is 0 Å². The van der Waals surface area contributed by atoms with Crippen LogP contribution in [0.4, 0.5) is 9.59 Å². The van der Waals surface area contributed by atoms with Crippen molar-refractivity contribution < 1.29 is 19.1 Å². The molecule has 0 aliphatic carbocycles. The predicted molar refractivity (Wildman–Crippen MR) is 107 cm³/mol. The molecule has 28 heavy (non-hydrogen) atoms. The van der Waals surface area contributed by atoms with Gasteiger partial charge in [0.2, 0.25) is 0 Å². The number of likely N-dealkylation sites (tertiary alicyclic amines) is 2. The van der Waals surface area contributed by atoms with Gasteiger partial charge in [-0.25, -0.2) is 9.59 Å². The van der Waals surface area contributed by atoms with E-state index in [1.807, 2.05) is 56.0 Å². The Hall–Kier alpha value is -2.24. The van der Waals surface area contributed by atoms with Gasteiger partial charge >= 0.3 is 12.2 Å². The number of benzene rings is 1. The first-order chi connectivity index (χ1) is 13.3. The van der Waals surface area contributed by atoms with E-state index in [1.165, 1.54) is 0 Å². The summed E-state index contributed by atoms with van der Waals surface area (Å²) in [5.74, 6) is 0.410. The topological polar surface area (TPSA) is 59.1 Å². The predicted octanol–water partition coefficient (Wildman–Crippen LogP) is 4.43. The summed E-state index contributed by atoms with van der Waals surface area (Å²) >= 11 is 0. The summed E-state index contributed by atoms with van der Waals surface area (Å²) in [4.78, 5) is 28.6. The third kappa shape index (κ3) is 5.40. The summed E-state index contributed by atoms with van der Waals surface area (Å²) in [7, 11) is 0. The largest absolute Gasteiger partial charge is 0.445 e. The van der Waals surface area contributed by atoms with E-state index in [1.54, 1.807) is 4.90 Å². The van der Waals surface area contributed by atoms with Crippen LogP contribution < -0.4 is 0 Å². The fourth-order valence-corrected chi connectivity index (χ4v) is 4.11. The van der Waals surface area contributed by atoms with Crippen LogP contribution in [0, 0.1) is 5.92 Å². The molecule has 3 rings (SSSR count). The maximum atomic E-state index is 12.5. The molecule has 1 aromatic rings. The Labute approximate surface area is 167 Å². The minimum atomic E-state index is -0.476. The van der Waals surface area contributed by atoms with Gasteiger partial charge in [0.15, 0.2) is 0 Å². The van der Waals surface area contributed by atoms with Gasteiger partial charge in [0.05, 0.1) is 0 Å². The molecule has 154 valence electrons. The lowest BCUT2D eigenvalue weighted by molar-refractivity contribution is 0.0126. The third-order valence-electron chi connectivity index (χ3n) is 5.47. The summed E-state index contributed by atoms with van der Waals surface area (Å²) in [5, 5.41) is 0. The molecule has 0 N–H and O–H groups in total. The Morgan fingerprint density at radius 2 is 1.68 bits per heavy atom. The van der Waals surface area contributed by atoms with Crippen molar-refractivity contribution in [1.82, 2.24) is 9.80 Å². The Morgan fingerprint density at radius 1 is 1.00 bits per heavy atom. The lowest BCUT2D eigenvalue weighted by atomic mass is 9.88. The molecular formula is C22H32N2O4. The van der Waals surface area contributed by atoms with E-state index in [0.717, 1.165) is 37.8 Å². The Bertz CT molecular complexity index is 663. The quantitative estimate of drug-likeness (QED) is 0.768. The fourth-order valence-electron chi connectivity index (χ4n) is 4.11. The van der Waals surface area contributed by atoms with E-state index in [4.69, 9.17) is 9.47 Å². The molecule has 2 amide bonds. The molecule has 0 unspecified atom stereocenters. The SMILES string of the molecule is CC(C)(C)OC(=O)N1CCC[C@H]1C1CCN(C(=O)OCc2ccccc2)CC1. The van der Waals surface area contributed by atoms with Crippen LogP contribution in [0.15, 0.2) is 30.3 Å². The fraction of sp³-hybridized carbons (Fsp3) is 0.636. The highest BCUT2D eigenvalue weighted by Crippen LogP contribution is 2.32. The van der Waals surface area contributed by atoms with E-state index in [2.05, 4.69) is 0 Å². The number of amides is 2. The van der Waals surface area contributed by atoms with Crippen LogP contribution in [0.2, 0.25) is 0 Å². The number of carbonyl (C=O) groups is 2. The molecule has 2 heterocycles. The first-order valence-electron chi connectivity index (χ1n) is 10.3. The molecular weight excluding hydrogens is 356 g/mol. The van der Waals surface area contributed by atoms with E-state index in [-0.39, 0.29) is 18.2 Å². The van der Waals surface area contributed by atoms with Gasteiger partial charge in [-0.15, -0.1) is 0 Å². The second kappa shape index (κ2) is 8.84. The van der Waals surface area contributed by atoms with Crippen molar-refractivity contribution in [2.24, 2.45) is 5.92 Å². The van der Waals surface area contributed by atoms with Crippen LogP contribution >= 0.6 is 0 Å². The van der Waals surface area contributed by atoms with Gasteiger partial charge < -0.3 is 19.3 Å². The van der Waals surface area contributed by atoms with Crippen LogP contribution in [0.3, 0.4) is 0 Å². The summed E-state index contributed by atoms with van der Waals surface area (Å²) < 4.78 is 11.0. The van der Waals surface area contributed by atoms with E-state index in [9.17, 15) is 9.59 Å². The molecule has 0 spiro atoms. The van der Waals surface area contributed by atoms with Crippen LogP contribution in [0.1, 0.15) is 52.0 Å². The van der Waals surface area contributed by atoms with Crippen molar-refractivity contribution in [3.05, 3.63) is 35.9 Å². The second-order valence-corrected chi connectivity index (χ2v) is 8.75. The Morgan fingerprint density at radius 3 is 2.32 bits per heavy atom. The van der Waals surface area contributed by atoms with Crippen molar-refractivity contribution in [2.45, 2.75) is 64.7 Å². The van der Waals surface area contributed by atoms with E-state index < -0.39 is 5.60 Å². The highest BCUT2D eigenvalue weighted by atomic mass is 16.6. The van der Waals surface area contributed by atoms with Crippen molar-refractivity contribution in [1.29, 1.82) is 0 Å². The van der Waals surface area contributed by atoms with Crippen LogP contribution in [-0.4, -0.2) is 53.3 Å². The summed E-state index contributed by atoms with van der Waals surface area (Å²) in [6.45, 7) is 8.11. The van der Waals surface area contributed by atoms with Crippen molar-refractivity contribution in [2.75, 3.05) is 19.6 Å². The highest BCUT2D eigenvalue weighted by molar-refractivity contribution is 5.69. The average Bonchev–Trinajstić information content (AvgIpc) is 3.16. The molecule has 6 heteroatoms. The minimum Gasteiger partial charge on any atom is -0.445 e. The molecule has 2 aliphatic heterocycles. The summed E-state index contributed by atoms with van der Waals surface area (Å²) in [6.07, 6.45) is 3.36. The number of hydrogen-bond acceptors (Lipinski definition) is 4. The molecule has 0 bridgehead atoms. The molecule has 6 nitrogen and oxygen atoms in total. The maximum absolute atomic E-state index is 12.5. The van der Waals surface area contributed by atoms with Gasteiger partial charge in [-0.05, 0) is 57.9 Å². The second-order valence-electron chi connectivity index (χ2n) is 8.75. The zero-order chi connectivity index (χ0) is 20.1. The molecule has 2 saturated heterocycles. The van der Waals surface area contributed by atoms with Gasteiger partial charge in [0, 0.05) is 25.7 Å². The lowest BCUT2D eigenvalue weighted by Crippen LogP contribution is -2.47. The molecule has 2 fully saturated rings. The summed E-state index contributed by atoms with van der Waals surface area (Å²) in [5.41, 5.74) is 0.514. The van der Waals surface area contributed by atoms with E-state index in [0.29, 0.717) is 25.6 Å². The van der Waals surface area contributed by atoms with E-state index >= 15 is 0 Å². The molecule has 1 aromatic carbocycles. The van der Waals surface area contributed by atoms with Crippen LogP contribution in [0.5, 0.6) is 0 Å². The Balaban J connectivity index is 1.47. The van der Waals surface area contributed by atoms with Gasteiger partial charge in [-0.3, -0.25) is 0 Å². The normalized spacial score (nSPS) is 20.9. The number of hydrogen-bond donors (Lipinski definition) is 0. The van der Waals surface area contributed by atoms with Crippen molar-refractivity contribution in [3.63, 3.8) is 0 Å². The zero-order valence-corrected chi connectivity index (χ0v) is 17.2. The molecule has 2 aliphatic rings. The molecule has 0 radical (unpaired) electrons. The minimum absolute atomic E-state index is 0.209. The number of piperidine rings is 1. The number of rotatable bonds is 3. The van der Waals surface area contributed by atoms with Gasteiger partial charge in [-0.1, -0.05) is 30.3 Å². The average molecular weight is 389 g/mol. The monoisotopic (exact) mass is 388 g/mol. The first kappa shape index (κ1) is 20.5. The van der Waals surface area contributed by atoms with Gasteiger partial charge in [0.1, 0.15) is 12.2 Å². The summed E-state index contributed by atoms with van der Waals surface area (Å²) in [6, 6.07) is 9.94. The van der Waals surface area contributed by atoms with Crippen LogP contribution in [-0.2, 0) is 16.1 Å². The molecule has 0 aromatic heterocycles. The highest BCUT2D eigenvalue weighted by Gasteiger charge is 2.38. The van der Waals surface area contributed by atoms with Crippen molar-refractivity contribution >= 4 is 12.2 Å². The number of nitrogens with zero attached hydrogens (tertiary/aromatic N) is 2. The Kier molecular flexibility index (Phi) is 6.47. The number of ether oxygens (including phenoxy) is 2. The smallest absolute Gasteiger partial charge is 0.410 e. The molecule has 0 saturated carbocycles. The third-order valence-corrected chi connectivity index (χ3v) is 5.47. The maximum Gasteiger partial charge on any atom is 0.410 e. The van der Waals surface area contributed by atoms with Gasteiger partial charge in [-0.2, -0.15) is 0 Å². The standard InChI is InChI=1S/C22H32N2O4/c1-22(2,3)28-21(26)24-13-7-10-19(24)18-11-14-23(15-12-18)20(25)27-16-17-8-5-4-6-9-17/h4-6,8-9,18-19H,7,10-16H2,1-3H3/t19-/m0/s1.